The summed E-state index contributed by atoms with van der Waals surface area (Å²) in [5, 5.41) is 2.24. The molecule has 0 aliphatic carbocycles. The monoisotopic (exact) mass is 291 g/mol. The first-order chi connectivity index (χ1) is 10.1. The molecular formula is C14H25N7. The first-order valence-electron chi connectivity index (χ1n) is 7.95. The minimum absolute atomic E-state index is 0.284. The van der Waals surface area contributed by atoms with E-state index in [4.69, 9.17) is 5.73 Å². The van der Waals surface area contributed by atoms with Gasteiger partial charge in [-0.05, 0) is 39.5 Å². The average Bonchev–Trinajstić information content (AvgIpc) is 2.97. The van der Waals surface area contributed by atoms with Gasteiger partial charge in [-0.15, -0.1) is 0 Å². The van der Waals surface area contributed by atoms with Crippen LogP contribution in [0.1, 0.15) is 46.0 Å². The molecule has 21 heavy (non-hydrogen) atoms. The lowest BCUT2D eigenvalue weighted by Crippen LogP contribution is -2.47. The maximum Gasteiger partial charge on any atom is 0.244 e. The quantitative estimate of drug-likeness (QED) is 0.876. The van der Waals surface area contributed by atoms with Crippen molar-refractivity contribution in [2.24, 2.45) is 0 Å². The predicted octanol–water partition coefficient (Wildman–Crippen LogP) is 1.64. The van der Waals surface area contributed by atoms with Crippen molar-refractivity contribution in [1.29, 1.82) is 0 Å². The third kappa shape index (κ3) is 3.18. The summed E-state index contributed by atoms with van der Waals surface area (Å²) in [6.45, 7) is 6.46. The lowest BCUT2D eigenvalue weighted by atomic mass is 10.00. The Hall–Kier alpha value is -1.63. The molecule has 2 atom stereocenters. The Kier molecular flexibility index (Phi) is 4.10. The van der Waals surface area contributed by atoms with Gasteiger partial charge in [-0.1, -0.05) is 6.42 Å². The van der Waals surface area contributed by atoms with E-state index in [1.165, 1.54) is 32.1 Å². The highest BCUT2D eigenvalue weighted by molar-refractivity contribution is 5.42. The van der Waals surface area contributed by atoms with E-state index < -0.39 is 0 Å². The summed E-state index contributed by atoms with van der Waals surface area (Å²) in [5.74, 6) is 1.54. The number of nitrogen functional groups attached to an aromatic ring is 1. The van der Waals surface area contributed by atoms with E-state index in [9.17, 15) is 0 Å². The SMILES string of the molecule is CC1CCCC(C)N1Nc1nc(N)nc(N2CCCC2)n1. The molecule has 0 saturated carbocycles. The summed E-state index contributed by atoms with van der Waals surface area (Å²) in [6.07, 6.45) is 6.04. The molecule has 0 radical (unpaired) electrons. The molecule has 7 heteroatoms. The molecular weight excluding hydrogens is 266 g/mol. The van der Waals surface area contributed by atoms with Gasteiger partial charge in [-0.2, -0.15) is 15.0 Å². The number of nitrogens with two attached hydrogens (primary N) is 1. The molecule has 0 bridgehead atoms. The number of nitrogens with one attached hydrogen (secondary N) is 1. The zero-order valence-electron chi connectivity index (χ0n) is 12.9. The van der Waals surface area contributed by atoms with E-state index in [0.717, 1.165) is 13.1 Å². The van der Waals surface area contributed by atoms with Gasteiger partial charge >= 0.3 is 0 Å². The second kappa shape index (κ2) is 6.01. The van der Waals surface area contributed by atoms with Crippen LogP contribution in [0.15, 0.2) is 0 Å². The first-order valence-corrected chi connectivity index (χ1v) is 7.95. The molecule has 1 aromatic rings. The number of nitrogens with zero attached hydrogens (tertiary/aromatic N) is 5. The molecule has 2 fully saturated rings. The maximum absolute atomic E-state index is 5.85. The Balaban J connectivity index is 1.78. The van der Waals surface area contributed by atoms with Gasteiger partial charge in [0.2, 0.25) is 17.8 Å². The topological polar surface area (TPSA) is 83.2 Å². The van der Waals surface area contributed by atoms with Gasteiger partial charge in [0.15, 0.2) is 0 Å². The van der Waals surface area contributed by atoms with Gasteiger partial charge in [0.1, 0.15) is 0 Å². The minimum Gasteiger partial charge on any atom is -0.368 e. The van der Waals surface area contributed by atoms with Crippen molar-refractivity contribution in [3.63, 3.8) is 0 Å². The number of aromatic nitrogens is 3. The van der Waals surface area contributed by atoms with Gasteiger partial charge in [-0.25, -0.2) is 5.01 Å². The first kappa shape index (κ1) is 14.3. The second-order valence-electron chi connectivity index (χ2n) is 6.16. The van der Waals surface area contributed by atoms with Crippen LogP contribution in [-0.4, -0.2) is 45.1 Å². The molecule has 3 heterocycles. The third-order valence-electron chi connectivity index (χ3n) is 4.45. The molecule has 2 unspecified atom stereocenters. The standard InChI is InChI=1S/C14H25N7/c1-10-6-5-7-11(2)21(10)19-13-16-12(15)17-14(18-13)20-8-3-4-9-20/h10-11H,3-9H2,1-2H3,(H3,15,16,17,18,19). The van der Waals surface area contributed by atoms with Crippen molar-refractivity contribution in [3.8, 4) is 0 Å². The number of hydrogen-bond acceptors (Lipinski definition) is 7. The number of anilines is 3. The minimum atomic E-state index is 0.284. The normalized spacial score (nSPS) is 27.0. The van der Waals surface area contributed by atoms with Gasteiger partial charge < -0.3 is 10.6 Å². The fraction of sp³-hybridized carbons (Fsp3) is 0.786. The second-order valence-corrected chi connectivity index (χ2v) is 6.16. The Labute approximate surface area is 125 Å². The van der Waals surface area contributed by atoms with Crippen molar-refractivity contribution in [2.45, 2.75) is 58.0 Å². The predicted molar refractivity (Wildman–Crippen MR) is 83.9 cm³/mol. The smallest absolute Gasteiger partial charge is 0.244 e. The van der Waals surface area contributed by atoms with Crippen LogP contribution in [-0.2, 0) is 0 Å². The molecule has 2 aliphatic heterocycles. The molecule has 0 aromatic carbocycles. The Bertz CT molecular complexity index is 476. The molecule has 2 aliphatic rings. The average molecular weight is 291 g/mol. The van der Waals surface area contributed by atoms with Crippen LogP contribution in [0.4, 0.5) is 17.8 Å². The molecule has 7 nitrogen and oxygen atoms in total. The van der Waals surface area contributed by atoms with Crippen LogP contribution in [0.25, 0.3) is 0 Å². The van der Waals surface area contributed by atoms with Gasteiger partial charge in [-0.3, -0.25) is 5.43 Å². The highest BCUT2D eigenvalue weighted by atomic mass is 15.6. The van der Waals surface area contributed by atoms with Crippen molar-refractivity contribution in [2.75, 3.05) is 29.1 Å². The van der Waals surface area contributed by atoms with E-state index in [1.807, 2.05) is 0 Å². The molecule has 0 spiro atoms. The van der Waals surface area contributed by atoms with E-state index in [-0.39, 0.29) is 5.95 Å². The Morgan fingerprint density at radius 3 is 2.33 bits per heavy atom. The fourth-order valence-electron chi connectivity index (χ4n) is 3.25. The third-order valence-corrected chi connectivity index (χ3v) is 4.45. The van der Waals surface area contributed by atoms with Crippen molar-refractivity contribution < 1.29 is 0 Å². The van der Waals surface area contributed by atoms with Crippen molar-refractivity contribution in [1.82, 2.24) is 20.0 Å². The van der Waals surface area contributed by atoms with Crippen LogP contribution in [0, 0.1) is 0 Å². The lowest BCUT2D eigenvalue weighted by Gasteiger charge is -2.38. The van der Waals surface area contributed by atoms with E-state index in [1.54, 1.807) is 0 Å². The van der Waals surface area contributed by atoms with Gasteiger partial charge in [0.05, 0.1) is 0 Å². The Morgan fingerprint density at radius 2 is 1.67 bits per heavy atom. The lowest BCUT2D eigenvalue weighted by molar-refractivity contribution is 0.134. The summed E-state index contributed by atoms with van der Waals surface area (Å²) in [5.41, 5.74) is 9.20. The molecule has 116 valence electrons. The fourth-order valence-corrected chi connectivity index (χ4v) is 3.25. The summed E-state index contributed by atoms with van der Waals surface area (Å²) in [7, 11) is 0. The van der Waals surface area contributed by atoms with E-state index in [0.29, 0.717) is 24.0 Å². The van der Waals surface area contributed by atoms with Crippen molar-refractivity contribution in [3.05, 3.63) is 0 Å². The van der Waals surface area contributed by atoms with Crippen LogP contribution in [0.2, 0.25) is 0 Å². The zero-order valence-corrected chi connectivity index (χ0v) is 12.9. The number of rotatable bonds is 3. The Morgan fingerprint density at radius 1 is 1.00 bits per heavy atom. The largest absolute Gasteiger partial charge is 0.368 e. The van der Waals surface area contributed by atoms with Gasteiger partial charge in [0.25, 0.3) is 0 Å². The van der Waals surface area contributed by atoms with Crippen molar-refractivity contribution >= 4 is 17.8 Å². The van der Waals surface area contributed by atoms with Crippen LogP contribution >= 0.6 is 0 Å². The summed E-state index contributed by atoms with van der Waals surface area (Å²) in [4.78, 5) is 15.2. The maximum atomic E-state index is 5.85. The van der Waals surface area contributed by atoms with E-state index >= 15 is 0 Å². The zero-order chi connectivity index (χ0) is 14.8. The van der Waals surface area contributed by atoms with Gasteiger partial charge in [0, 0.05) is 25.2 Å². The molecule has 1 aromatic heterocycles. The summed E-state index contributed by atoms with van der Waals surface area (Å²) in [6, 6.07) is 0.948. The summed E-state index contributed by atoms with van der Waals surface area (Å²) < 4.78 is 0. The van der Waals surface area contributed by atoms with Crippen LogP contribution in [0.3, 0.4) is 0 Å². The van der Waals surface area contributed by atoms with Crippen LogP contribution in [0.5, 0.6) is 0 Å². The molecule has 3 rings (SSSR count). The molecule has 3 N–H and O–H groups in total. The summed E-state index contributed by atoms with van der Waals surface area (Å²) >= 11 is 0. The highest BCUT2D eigenvalue weighted by Gasteiger charge is 2.26. The highest BCUT2D eigenvalue weighted by Crippen LogP contribution is 2.23. The van der Waals surface area contributed by atoms with E-state index in [2.05, 4.69) is 44.1 Å². The number of hydrogen-bond donors (Lipinski definition) is 2. The number of piperidine rings is 1. The number of hydrazine groups is 1. The van der Waals surface area contributed by atoms with Crippen LogP contribution < -0.4 is 16.1 Å². The molecule has 2 saturated heterocycles. The molecule has 0 amide bonds.